The number of hydrogen-bond donors (Lipinski definition) is 1. The van der Waals surface area contributed by atoms with Crippen molar-refractivity contribution in [3.05, 3.63) is 34.6 Å². The van der Waals surface area contributed by atoms with Crippen LogP contribution in [0, 0.1) is 25.1 Å². The molecule has 18 heavy (non-hydrogen) atoms. The highest BCUT2D eigenvalue weighted by atomic mass is 19.1. The van der Waals surface area contributed by atoms with Gasteiger partial charge in [0.05, 0.1) is 0 Å². The molecule has 0 spiro atoms. The van der Waals surface area contributed by atoms with E-state index in [1.165, 1.54) is 5.56 Å². The number of aryl methyl sites for hydroxylation is 3. The zero-order chi connectivity index (χ0) is 13.8. The van der Waals surface area contributed by atoms with Crippen molar-refractivity contribution in [1.82, 2.24) is 5.32 Å². The molecule has 0 heterocycles. The Morgan fingerprint density at radius 3 is 2.22 bits per heavy atom. The zero-order valence-electron chi connectivity index (χ0n) is 12.4. The van der Waals surface area contributed by atoms with Gasteiger partial charge in [-0.05, 0) is 55.3 Å². The minimum atomic E-state index is -0.0642. The molecule has 0 amide bonds. The van der Waals surface area contributed by atoms with Crippen LogP contribution in [0.1, 0.15) is 43.9 Å². The molecule has 2 heteroatoms. The van der Waals surface area contributed by atoms with Crippen molar-refractivity contribution < 1.29 is 4.39 Å². The van der Waals surface area contributed by atoms with Gasteiger partial charge in [-0.1, -0.05) is 32.9 Å². The summed E-state index contributed by atoms with van der Waals surface area (Å²) in [5.74, 6) is -0.0642. The van der Waals surface area contributed by atoms with E-state index in [0.29, 0.717) is 0 Å². The average molecular weight is 251 g/mol. The molecule has 0 bridgehead atoms. The van der Waals surface area contributed by atoms with Crippen LogP contribution in [0.3, 0.4) is 0 Å². The predicted octanol–water partition coefficient (Wildman–Crippen LogP) is 4.01. The van der Waals surface area contributed by atoms with Crippen LogP contribution in [-0.2, 0) is 6.42 Å². The maximum absolute atomic E-state index is 13.5. The first-order chi connectivity index (χ1) is 8.35. The maximum atomic E-state index is 13.5. The molecule has 0 unspecified atom stereocenters. The summed E-state index contributed by atoms with van der Waals surface area (Å²) in [4.78, 5) is 0. The Balaban J connectivity index is 2.63. The Morgan fingerprint density at radius 2 is 1.72 bits per heavy atom. The molecule has 1 nitrogen and oxygen atoms in total. The number of halogens is 1. The van der Waals surface area contributed by atoms with Gasteiger partial charge in [-0.15, -0.1) is 0 Å². The molecule has 1 aromatic rings. The third kappa shape index (κ3) is 4.41. The van der Waals surface area contributed by atoms with Gasteiger partial charge in [0, 0.05) is 6.54 Å². The monoisotopic (exact) mass is 251 g/mol. The normalized spacial score (nSPS) is 11.9. The topological polar surface area (TPSA) is 12.0 Å². The third-order valence-corrected chi connectivity index (χ3v) is 3.44. The second kappa shape index (κ2) is 6.33. The molecular formula is C16H26FN. The maximum Gasteiger partial charge on any atom is 0.129 e. The third-order valence-electron chi connectivity index (χ3n) is 3.44. The van der Waals surface area contributed by atoms with Crippen molar-refractivity contribution in [3.63, 3.8) is 0 Å². The first-order valence-corrected chi connectivity index (χ1v) is 6.82. The highest BCUT2D eigenvalue weighted by molar-refractivity contribution is 5.30. The number of nitrogens with one attached hydrogen (secondary N) is 1. The molecule has 1 aromatic carbocycles. The van der Waals surface area contributed by atoms with Gasteiger partial charge in [-0.3, -0.25) is 0 Å². The Hall–Kier alpha value is -0.890. The summed E-state index contributed by atoms with van der Waals surface area (Å²) >= 11 is 0. The quantitative estimate of drug-likeness (QED) is 0.805. The molecule has 0 saturated carbocycles. The molecule has 0 saturated heterocycles. The van der Waals surface area contributed by atoms with E-state index >= 15 is 0 Å². The van der Waals surface area contributed by atoms with E-state index in [0.717, 1.165) is 37.1 Å². The first-order valence-electron chi connectivity index (χ1n) is 6.82. The van der Waals surface area contributed by atoms with Gasteiger partial charge >= 0.3 is 0 Å². The van der Waals surface area contributed by atoms with Crippen LogP contribution in [0.4, 0.5) is 4.39 Å². The fourth-order valence-electron chi connectivity index (χ4n) is 2.21. The lowest BCUT2D eigenvalue weighted by atomic mass is 9.85. The van der Waals surface area contributed by atoms with E-state index < -0.39 is 0 Å². The summed E-state index contributed by atoms with van der Waals surface area (Å²) < 4.78 is 13.5. The molecular weight excluding hydrogens is 225 g/mol. The van der Waals surface area contributed by atoms with Gasteiger partial charge in [0.2, 0.25) is 0 Å². The fraction of sp³-hybridized carbons (Fsp3) is 0.625. The molecule has 0 aliphatic carbocycles. The van der Waals surface area contributed by atoms with E-state index in [1.54, 1.807) is 0 Å². The molecule has 0 aliphatic heterocycles. The van der Waals surface area contributed by atoms with Gasteiger partial charge in [-0.25, -0.2) is 4.39 Å². The Morgan fingerprint density at radius 1 is 1.17 bits per heavy atom. The predicted molar refractivity (Wildman–Crippen MR) is 76.5 cm³/mol. The number of rotatable bonds is 6. The summed E-state index contributed by atoms with van der Waals surface area (Å²) in [5, 5.41) is 3.40. The van der Waals surface area contributed by atoms with Crippen molar-refractivity contribution in [2.75, 3.05) is 13.1 Å². The fourth-order valence-corrected chi connectivity index (χ4v) is 2.21. The van der Waals surface area contributed by atoms with Crippen molar-refractivity contribution >= 4 is 0 Å². The summed E-state index contributed by atoms with van der Waals surface area (Å²) in [6.07, 6.45) is 2.13. The Kier molecular flexibility index (Phi) is 5.33. The van der Waals surface area contributed by atoms with E-state index in [2.05, 4.69) is 26.1 Å². The number of benzene rings is 1. The largest absolute Gasteiger partial charge is 0.316 e. The van der Waals surface area contributed by atoms with Crippen molar-refractivity contribution in [3.8, 4) is 0 Å². The second-order valence-electron chi connectivity index (χ2n) is 5.99. The molecule has 1 rings (SSSR count). The zero-order valence-corrected chi connectivity index (χ0v) is 12.4. The Bertz CT molecular complexity index is 373. The van der Waals surface area contributed by atoms with Crippen molar-refractivity contribution in [1.29, 1.82) is 0 Å². The molecule has 0 fully saturated rings. The second-order valence-corrected chi connectivity index (χ2v) is 5.99. The van der Waals surface area contributed by atoms with Gasteiger partial charge < -0.3 is 5.32 Å². The van der Waals surface area contributed by atoms with E-state index in [4.69, 9.17) is 0 Å². The molecule has 0 aromatic heterocycles. The van der Waals surface area contributed by atoms with E-state index in [9.17, 15) is 4.39 Å². The van der Waals surface area contributed by atoms with Gasteiger partial charge in [0.15, 0.2) is 0 Å². The summed E-state index contributed by atoms with van der Waals surface area (Å²) in [5.41, 5.74) is 3.05. The van der Waals surface area contributed by atoms with Crippen LogP contribution in [-0.4, -0.2) is 13.1 Å². The summed E-state index contributed by atoms with van der Waals surface area (Å²) in [6, 6.07) is 3.96. The van der Waals surface area contributed by atoms with Crippen LogP contribution >= 0.6 is 0 Å². The minimum absolute atomic E-state index is 0.0642. The van der Waals surface area contributed by atoms with Crippen LogP contribution in [0.2, 0.25) is 0 Å². The summed E-state index contributed by atoms with van der Waals surface area (Å²) in [7, 11) is 0. The highest BCUT2D eigenvalue weighted by Crippen LogP contribution is 2.23. The molecule has 1 N–H and O–H groups in total. The minimum Gasteiger partial charge on any atom is -0.316 e. The smallest absolute Gasteiger partial charge is 0.129 e. The van der Waals surface area contributed by atoms with Crippen molar-refractivity contribution in [2.24, 2.45) is 5.41 Å². The van der Waals surface area contributed by atoms with Gasteiger partial charge in [-0.2, -0.15) is 0 Å². The lowest BCUT2D eigenvalue weighted by Gasteiger charge is -2.25. The van der Waals surface area contributed by atoms with E-state index in [1.807, 2.05) is 26.0 Å². The van der Waals surface area contributed by atoms with Crippen LogP contribution in [0.15, 0.2) is 12.1 Å². The summed E-state index contributed by atoms with van der Waals surface area (Å²) in [6.45, 7) is 12.4. The van der Waals surface area contributed by atoms with Gasteiger partial charge in [0.1, 0.15) is 5.82 Å². The van der Waals surface area contributed by atoms with Gasteiger partial charge in [0.25, 0.3) is 0 Å². The van der Waals surface area contributed by atoms with Crippen LogP contribution in [0.25, 0.3) is 0 Å². The lowest BCUT2D eigenvalue weighted by molar-refractivity contribution is 0.317. The van der Waals surface area contributed by atoms with E-state index in [-0.39, 0.29) is 11.2 Å². The van der Waals surface area contributed by atoms with Crippen molar-refractivity contribution in [2.45, 2.75) is 47.5 Å². The molecule has 0 aliphatic rings. The lowest BCUT2D eigenvalue weighted by Crippen LogP contribution is -2.29. The molecule has 0 radical (unpaired) electrons. The average Bonchev–Trinajstić information content (AvgIpc) is 2.31. The Labute approximate surface area is 111 Å². The van der Waals surface area contributed by atoms with Crippen LogP contribution in [0.5, 0.6) is 0 Å². The highest BCUT2D eigenvalue weighted by Gasteiger charge is 2.17. The SMILES string of the molecule is CCNCC(C)(C)CCc1cc(C)c(F)c(C)c1. The molecule has 102 valence electrons. The standard InChI is InChI=1S/C16H26FN/c1-6-18-11-16(4,5)8-7-14-9-12(2)15(17)13(3)10-14/h9-10,18H,6-8,11H2,1-5H3. The first kappa shape index (κ1) is 15.2. The number of hydrogen-bond acceptors (Lipinski definition) is 1. The van der Waals surface area contributed by atoms with Crippen LogP contribution < -0.4 is 5.32 Å². The molecule has 0 atom stereocenters.